The number of aromatic amines is 1. The predicted molar refractivity (Wildman–Crippen MR) is 142 cm³/mol. The van der Waals surface area contributed by atoms with Gasteiger partial charge >= 0.3 is 0 Å². The first-order valence-electron chi connectivity index (χ1n) is 12.3. The maximum absolute atomic E-state index is 12.9. The van der Waals surface area contributed by atoms with Gasteiger partial charge in [0.2, 0.25) is 11.9 Å². The molecule has 5 rings (SSSR count). The molecule has 1 atom stereocenters. The molecule has 4 aromatic rings. The molecule has 12 nitrogen and oxygen atoms in total. The zero-order chi connectivity index (χ0) is 26.6. The number of fused-ring (bicyclic) bond motifs is 2. The van der Waals surface area contributed by atoms with Crippen LogP contribution in [0.1, 0.15) is 5.69 Å². The molecule has 0 aliphatic carbocycles. The fourth-order valence-electron chi connectivity index (χ4n) is 4.42. The van der Waals surface area contributed by atoms with Gasteiger partial charge in [-0.05, 0) is 31.2 Å². The molecule has 3 heterocycles. The zero-order valence-electron chi connectivity index (χ0n) is 21.5. The van der Waals surface area contributed by atoms with Crippen molar-refractivity contribution in [3.63, 3.8) is 0 Å². The maximum Gasteiger partial charge on any atom is 0.260 e. The molecule has 1 fully saturated rings. The topological polar surface area (TPSA) is 144 Å². The van der Waals surface area contributed by atoms with E-state index in [1.165, 1.54) is 0 Å². The van der Waals surface area contributed by atoms with Gasteiger partial charge < -0.3 is 24.1 Å². The number of hydrogen-bond acceptors (Lipinski definition) is 11. The normalized spacial score (nSPS) is 16.1. The van der Waals surface area contributed by atoms with Crippen molar-refractivity contribution in [2.24, 2.45) is 0 Å². The molecule has 0 spiro atoms. The Kier molecular flexibility index (Phi) is 7.54. The second kappa shape index (κ2) is 11.2. The van der Waals surface area contributed by atoms with Crippen molar-refractivity contribution in [1.82, 2.24) is 24.8 Å². The van der Waals surface area contributed by atoms with E-state index in [4.69, 9.17) is 18.9 Å². The summed E-state index contributed by atoms with van der Waals surface area (Å²) in [5.74, 6) is 2.24. The Balaban J connectivity index is 1.31. The van der Waals surface area contributed by atoms with Crippen LogP contribution in [-0.4, -0.2) is 89.7 Å². The number of anilines is 2. The lowest BCUT2D eigenvalue weighted by atomic mass is 10.1. The third-order valence-electron chi connectivity index (χ3n) is 6.40. The lowest BCUT2D eigenvalue weighted by Gasteiger charge is -2.31. The fourth-order valence-corrected chi connectivity index (χ4v) is 4.42. The zero-order valence-corrected chi connectivity index (χ0v) is 21.5. The Morgan fingerprint density at radius 3 is 2.71 bits per heavy atom. The Labute approximate surface area is 218 Å². The minimum atomic E-state index is -0.314. The number of aliphatic hydroxyl groups is 1. The van der Waals surface area contributed by atoms with Crippen LogP contribution in [0.3, 0.4) is 0 Å². The third-order valence-corrected chi connectivity index (χ3v) is 6.40. The lowest BCUT2D eigenvalue weighted by molar-refractivity contribution is -0.0547. The van der Waals surface area contributed by atoms with Gasteiger partial charge in [-0.1, -0.05) is 0 Å². The van der Waals surface area contributed by atoms with Crippen molar-refractivity contribution in [3.8, 4) is 17.2 Å². The SMILES string of the molecule is COc1cc2nc(Nc3nc4ccc(OCCN5CCOC(CO)C5)cc4c(=O)[nH]3)nc(C)c2cc1OC. The highest BCUT2D eigenvalue weighted by Gasteiger charge is 2.19. The first-order chi connectivity index (χ1) is 18.5. The van der Waals surface area contributed by atoms with E-state index in [0.29, 0.717) is 60.0 Å². The van der Waals surface area contributed by atoms with E-state index < -0.39 is 0 Å². The first kappa shape index (κ1) is 25.6. The molecule has 12 heteroatoms. The molecular weight excluding hydrogens is 492 g/mol. The minimum absolute atomic E-state index is 0.00518. The maximum atomic E-state index is 12.9. The van der Waals surface area contributed by atoms with Gasteiger partial charge in [0, 0.05) is 31.1 Å². The van der Waals surface area contributed by atoms with Crippen molar-refractivity contribution in [2.45, 2.75) is 13.0 Å². The smallest absolute Gasteiger partial charge is 0.260 e. The standard InChI is InChI=1S/C26H30N6O6/c1-15-18-11-22(35-2)23(36-3)12-21(18)29-25(27-15)31-26-28-20-5-4-16(10-19(20)24(34)30-26)37-8-6-32-7-9-38-17(13-32)14-33/h4-5,10-12,17,33H,6-9,13-14H2,1-3H3,(H2,27,28,29,30,31,34). The number of nitrogens with one attached hydrogen (secondary N) is 2. The molecular formula is C26H30N6O6. The van der Waals surface area contributed by atoms with E-state index in [1.807, 2.05) is 13.0 Å². The van der Waals surface area contributed by atoms with Crippen LogP contribution < -0.4 is 25.1 Å². The molecule has 0 radical (unpaired) electrons. The predicted octanol–water partition coefficient (Wildman–Crippen LogP) is 2.01. The van der Waals surface area contributed by atoms with Crippen LogP contribution in [0.4, 0.5) is 11.9 Å². The van der Waals surface area contributed by atoms with E-state index >= 15 is 0 Å². The number of aliphatic hydroxyl groups excluding tert-OH is 1. The number of nitrogens with zero attached hydrogens (tertiary/aromatic N) is 4. The number of aryl methyl sites for hydroxylation is 1. The average Bonchev–Trinajstić information content (AvgIpc) is 2.93. The van der Waals surface area contributed by atoms with Gasteiger partial charge in [-0.3, -0.25) is 20.0 Å². The molecule has 38 heavy (non-hydrogen) atoms. The molecule has 2 aromatic carbocycles. The summed E-state index contributed by atoms with van der Waals surface area (Å²) in [5.41, 5.74) is 1.58. The van der Waals surface area contributed by atoms with Crippen LogP contribution in [0.5, 0.6) is 17.2 Å². The van der Waals surface area contributed by atoms with E-state index in [0.717, 1.165) is 17.6 Å². The van der Waals surface area contributed by atoms with E-state index in [-0.39, 0.29) is 30.2 Å². The molecule has 3 N–H and O–H groups in total. The second-order valence-electron chi connectivity index (χ2n) is 8.90. The van der Waals surface area contributed by atoms with Crippen LogP contribution in [0.2, 0.25) is 0 Å². The van der Waals surface area contributed by atoms with Crippen molar-refractivity contribution in [1.29, 1.82) is 0 Å². The van der Waals surface area contributed by atoms with Crippen LogP contribution in [0.15, 0.2) is 35.1 Å². The van der Waals surface area contributed by atoms with Gasteiger partial charge in [-0.15, -0.1) is 0 Å². The van der Waals surface area contributed by atoms with Crippen LogP contribution >= 0.6 is 0 Å². The van der Waals surface area contributed by atoms with Crippen molar-refractivity contribution >= 4 is 33.7 Å². The first-order valence-corrected chi connectivity index (χ1v) is 12.3. The Hall–Kier alpha value is -4.00. The summed E-state index contributed by atoms with van der Waals surface area (Å²) in [5, 5.41) is 13.5. The Morgan fingerprint density at radius 1 is 1.11 bits per heavy atom. The van der Waals surface area contributed by atoms with E-state index in [1.54, 1.807) is 38.5 Å². The number of benzene rings is 2. The van der Waals surface area contributed by atoms with Crippen LogP contribution in [0, 0.1) is 6.92 Å². The summed E-state index contributed by atoms with van der Waals surface area (Å²) in [6.07, 6.45) is -0.160. The van der Waals surface area contributed by atoms with Gasteiger partial charge in [0.05, 0.1) is 55.7 Å². The number of morpholine rings is 1. The monoisotopic (exact) mass is 522 g/mol. The lowest BCUT2D eigenvalue weighted by Crippen LogP contribution is -2.45. The molecule has 0 amide bonds. The molecule has 1 aliphatic rings. The highest BCUT2D eigenvalue weighted by molar-refractivity contribution is 5.86. The summed E-state index contributed by atoms with van der Waals surface area (Å²) >= 11 is 0. The van der Waals surface area contributed by atoms with E-state index in [9.17, 15) is 9.90 Å². The van der Waals surface area contributed by atoms with Crippen molar-refractivity contribution < 1.29 is 24.1 Å². The van der Waals surface area contributed by atoms with Gasteiger partial charge in [0.25, 0.3) is 5.56 Å². The van der Waals surface area contributed by atoms with Gasteiger partial charge in [-0.25, -0.2) is 15.0 Å². The molecule has 1 unspecified atom stereocenters. The highest BCUT2D eigenvalue weighted by atomic mass is 16.5. The summed E-state index contributed by atoms with van der Waals surface area (Å²) in [7, 11) is 3.14. The second-order valence-corrected chi connectivity index (χ2v) is 8.90. The summed E-state index contributed by atoms with van der Waals surface area (Å²) in [6, 6.07) is 8.80. The van der Waals surface area contributed by atoms with Crippen LogP contribution in [-0.2, 0) is 4.74 Å². The summed E-state index contributed by atoms with van der Waals surface area (Å²) < 4.78 is 22.1. The van der Waals surface area contributed by atoms with Crippen molar-refractivity contribution in [2.75, 3.05) is 59.0 Å². The van der Waals surface area contributed by atoms with Crippen LogP contribution in [0.25, 0.3) is 21.8 Å². The largest absolute Gasteiger partial charge is 0.493 e. The summed E-state index contributed by atoms with van der Waals surface area (Å²) in [4.78, 5) is 31.4. The number of H-pyrrole nitrogens is 1. The highest BCUT2D eigenvalue weighted by Crippen LogP contribution is 2.33. The quantitative estimate of drug-likeness (QED) is 0.297. The molecule has 1 aliphatic heterocycles. The van der Waals surface area contributed by atoms with E-state index in [2.05, 4.69) is 30.2 Å². The van der Waals surface area contributed by atoms with Gasteiger partial charge in [0.15, 0.2) is 11.5 Å². The van der Waals surface area contributed by atoms with Crippen molar-refractivity contribution in [3.05, 3.63) is 46.4 Å². The Bertz CT molecular complexity index is 1510. The van der Waals surface area contributed by atoms with Gasteiger partial charge in [0.1, 0.15) is 12.4 Å². The number of methoxy groups -OCH3 is 2. The average molecular weight is 523 g/mol. The molecule has 200 valence electrons. The molecule has 2 aromatic heterocycles. The minimum Gasteiger partial charge on any atom is -0.493 e. The molecule has 0 saturated carbocycles. The molecule has 1 saturated heterocycles. The van der Waals surface area contributed by atoms with Gasteiger partial charge in [-0.2, -0.15) is 0 Å². The fraction of sp³-hybridized carbons (Fsp3) is 0.385. The number of hydrogen-bond donors (Lipinski definition) is 3. The number of aromatic nitrogens is 4. The third kappa shape index (κ3) is 5.47. The number of rotatable bonds is 9. The Morgan fingerprint density at radius 2 is 1.92 bits per heavy atom. The summed E-state index contributed by atoms with van der Waals surface area (Å²) in [6.45, 7) is 5.06. The molecule has 0 bridgehead atoms. The number of ether oxygens (including phenoxy) is 4.